The van der Waals surface area contributed by atoms with Gasteiger partial charge in [-0.15, -0.1) is 0 Å². The summed E-state index contributed by atoms with van der Waals surface area (Å²) in [5.74, 6) is 0. The van der Waals surface area contributed by atoms with E-state index in [-0.39, 0.29) is 16.0 Å². The molecule has 0 radical (unpaired) electrons. The SMILES string of the molecule is CCCCCCC(C)NS(=O)(=O)c1ccc(N)cc1Cl. The van der Waals surface area contributed by atoms with Gasteiger partial charge in [-0.05, 0) is 31.5 Å². The Kier molecular flexibility index (Phi) is 6.79. The van der Waals surface area contributed by atoms with Crippen LogP contribution in [-0.2, 0) is 10.0 Å². The number of anilines is 1. The molecule has 0 aromatic heterocycles. The highest BCUT2D eigenvalue weighted by molar-refractivity contribution is 7.89. The zero-order chi connectivity index (χ0) is 15.2. The first kappa shape index (κ1) is 17.3. The first-order chi connectivity index (χ1) is 9.36. The van der Waals surface area contributed by atoms with Crippen LogP contribution in [0.3, 0.4) is 0 Å². The summed E-state index contributed by atoms with van der Waals surface area (Å²) in [6, 6.07) is 4.31. The molecule has 20 heavy (non-hydrogen) atoms. The minimum atomic E-state index is -3.59. The van der Waals surface area contributed by atoms with Gasteiger partial charge in [0.05, 0.1) is 5.02 Å². The Morgan fingerprint density at radius 2 is 2.00 bits per heavy atom. The van der Waals surface area contributed by atoms with Crippen molar-refractivity contribution in [3.05, 3.63) is 23.2 Å². The van der Waals surface area contributed by atoms with E-state index in [2.05, 4.69) is 11.6 Å². The van der Waals surface area contributed by atoms with Crippen LogP contribution in [-0.4, -0.2) is 14.5 Å². The molecule has 3 N–H and O–H groups in total. The standard InChI is InChI=1S/C14H23ClN2O2S/c1-3-4-5-6-7-11(2)17-20(18,19)14-9-8-12(16)10-13(14)15/h8-11,17H,3-7,16H2,1-2H3. The Balaban J connectivity index is 2.65. The van der Waals surface area contributed by atoms with Gasteiger partial charge < -0.3 is 5.73 Å². The molecule has 6 heteroatoms. The van der Waals surface area contributed by atoms with Gasteiger partial charge in [-0.3, -0.25) is 0 Å². The molecule has 0 aliphatic rings. The van der Waals surface area contributed by atoms with E-state index in [0.717, 1.165) is 19.3 Å². The van der Waals surface area contributed by atoms with Crippen LogP contribution in [0.15, 0.2) is 23.1 Å². The second-order valence-corrected chi connectivity index (χ2v) is 7.15. The molecule has 1 atom stereocenters. The Labute approximate surface area is 126 Å². The van der Waals surface area contributed by atoms with Gasteiger partial charge in [-0.25, -0.2) is 13.1 Å². The van der Waals surface area contributed by atoms with Crippen LogP contribution in [0.25, 0.3) is 0 Å². The quantitative estimate of drug-likeness (QED) is 0.568. The zero-order valence-electron chi connectivity index (χ0n) is 12.0. The third kappa shape index (κ3) is 5.31. The summed E-state index contributed by atoms with van der Waals surface area (Å²) in [6.07, 6.45) is 5.33. The Morgan fingerprint density at radius 1 is 1.30 bits per heavy atom. The molecule has 0 saturated heterocycles. The molecule has 0 saturated carbocycles. The van der Waals surface area contributed by atoms with E-state index in [0.29, 0.717) is 5.69 Å². The molecule has 0 heterocycles. The lowest BCUT2D eigenvalue weighted by Gasteiger charge is -2.15. The van der Waals surface area contributed by atoms with Crippen LogP contribution in [0.4, 0.5) is 5.69 Å². The number of halogens is 1. The molecule has 0 bridgehead atoms. The first-order valence-corrected chi connectivity index (χ1v) is 8.80. The maximum absolute atomic E-state index is 12.2. The van der Waals surface area contributed by atoms with Crippen LogP contribution in [0.2, 0.25) is 5.02 Å². The fourth-order valence-corrected chi connectivity index (χ4v) is 3.83. The second kappa shape index (κ2) is 7.86. The van der Waals surface area contributed by atoms with Crippen molar-refractivity contribution in [2.45, 2.75) is 56.9 Å². The topological polar surface area (TPSA) is 72.2 Å². The number of rotatable bonds is 8. The number of benzene rings is 1. The van der Waals surface area contributed by atoms with Crippen molar-refractivity contribution in [3.63, 3.8) is 0 Å². The molecule has 114 valence electrons. The normalized spacial score (nSPS) is 13.3. The summed E-state index contributed by atoms with van der Waals surface area (Å²) in [5, 5.41) is 0.149. The molecule has 0 amide bonds. The lowest BCUT2D eigenvalue weighted by molar-refractivity contribution is 0.522. The summed E-state index contributed by atoms with van der Waals surface area (Å²) in [4.78, 5) is 0.0776. The smallest absolute Gasteiger partial charge is 0.242 e. The van der Waals surface area contributed by atoms with E-state index in [1.54, 1.807) is 0 Å². The third-order valence-corrected chi connectivity index (χ3v) is 5.16. The third-order valence-electron chi connectivity index (χ3n) is 3.09. The van der Waals surface area contributed by atoms with Crippen LogP contribution >= 0.6 is 11.6 Å². The summed E-state index contributed by atoms with van der Waals surface area (Å²) < 4.78 is 27.1. The average molecular weight is 319 g/mol. The zero-order valence-corrected chi connectivity index (χ0v) is 13.6. The van der Waals surface area contributed by atoms with Gasteiger partial charge in [0, 0.05) is 11.7 Å². The second-order valence-electron chi connectivity index (χ2n) is 5.06. The van der Waals surface area contributed by atoms with Crippen molar-refractivity contribution in [2.75, 3.05) is 5.73 Å². The van der Waals surface area contributed by atoms with Gasteiger partial charge >= 0.3 is 0 Å². The number of hydrogen-bond acceptors (Lipinski definition) is 3. The van der Waals surface area contributed by atoms with Crippen LogP contribution in [0, 0.1) is 0 Å². The van der Waals surface area contributed by atoms with Gasteiger partial charge in [0.1, 0.15) is 4.90 Å². The number of sulfonamides is 1. The summed E-state index contributed by atoms with van der Waals surface area (Å²) in [5.41, 5.74) is 6.01. The maximum atomic E-state index is 12.2. The summed E-state index contributed by atoms with van der Waals surface area (Å²) >= 11 is 5.94. The van der Waals surface area contributed by atoms with E-state index in [1.165, 1.54) is 31.0 Å². The largest absolute Gasteiger partial charge is 0.399 e. The van der Waals surface area contributed by atoms with Crippen molar-refractivity contribution in [2.24, 2.45) is 0 Å². The molecule has 1 unspecified atom stereocenters. The predicted octanol–water partition coefficient (Wildman–Crippen LogP) is 3.56. The fraction of sp³-hybridized carbons (Fsp3) is 0.571. The van der Waals surface area contributed by atoms with Crippen molar-refractivity contribution in [1.82, 2.24) is 4.72 Å². The van der Waals surface area contributed by atoms with Crippen LogP contribution in [0.5, 0.6) is 0 Å². The first-order valence-electron chi connectivity index (χ1n) is 6.94. The van der Waals surface area contributed by atoms with Crippen LogP contribution < -0.4 is 10.5 Å². The number of hydrogen-bond donors (Lipinski definition) is 2. The van der Waals surface area contributed by atoms with Gasteiger partial charge in [0.15, 0.2) is 0 Å². The molecule has 1 rings (SSSR count). The van der Waals surface area contributed by atoms with Crippen LogP contribution in [0.1, 0.15) is 46.0 Å². The van der Waals surface area contributed by atoms with Crippen molar-refractivity contribution in [3.8, 4) is 0 Å². The molecule has 0 fully saturated rings. The maximum Gasteiger partial charge on any atom is 0.242 e. The Morgan fingerprint density at radius 3 is 2.60 bits per heavy atom. The average Bonchev–Trinajstić information content (AvgIpc) is 2.33. The number of unbranched alkanes of at least 4 members (excludes halogenated alkanes) is 3. The molecular formula is C14H23ClN2O2S. The van der Waals surface area contributed by atoms with Crippen molar-refractivity contribution < 1.29 is 8.42 Å². The molecule has 0 spiro atoms. The summed E-state index contributed by atoms with van der Waals surface area (Å²) in [7, 11) is -3.59. The summed E-state index contributed by atoms with van der Waals surface area (Å²) in [6.45, 7) is 4.02. The minimum absolute atomic E-state index is 0.0776. The van der Waals surface area contributed by atoms with E-state index < -0.39 is 10.0 Å². The molecule has 0 aliphatic heterocycles. The molecule has 1 aromatic rings. The highest BCUT2D eigenvalue weighted by Gasteiger charge is 2.20. The van der Waals surface area contributed by atoms with Crippen molar-refractivity contribution >= 4 is 27.3 Å². The minimum Gasteiger partial charge on any atom is -0.399 e. The van der Waals surface area contributed by atoms with Gasteiger partial charge in [-0.1, -0.05) is 44.2 Å². The fourth-order valence-electron chi connectivity index (χ4n) is 2.00. The number of nitrogens with two attached hydrogens (primary N) is 1. The molecule has 1 aromatic carbocycles. The van der Waals surface area contributed by atoms with E-state index in [1.807, 2.05) is 6.92 Å². The van der Waals surface area contributed by atoms with Gasteiger partial charge in [-0.2, -0.15) is 0 Å². The highest BCUT2D eigenvalue weighted by atomic mass is 35.5. The monoisotopic (exact) mass is 318 g/mol. The Hall–Kier alpha value is -0.780. The highest BCUT2D eigenvalue weighted by Crippen LogP contribution is 2.24. The number of nitrogen functional groups attached to an aromatic ring is 1. The Bertz CT molecular complexity index is 532. The van der Waals surface area contributed by atoms with E-state index >= 15 is 0 Å². The molecular weight excluding hydrogens is 296 g/mol. The van der Waals surface area contributed by atoms with E-state index in [4.69, 9.17) is 17.3 Å². The lowest BCUT2D eigenvalue weighted by atomic mass is 10.1. The van der Waals surface area contributed by atoms with Gasteiger partial charge in [0.2, 0.25) is 10.0 Å². The lowest BCUT2D eigenvalue weighted by Crippen LogP contribution is -2.32. The molecule has 0 aliphatic carbocycles. The van der Waals surface area contributed by atoms with Crippen molar-refractivity contribution in [1.29, 1.82) is 0 Å². The predicted molar refractivity (Wildman–Crippen MR) is 84.4 cm³/mol. The van der Waals surface area contributed by atoms with E-state index in [9.17, 15) is 8.42 Å². The number of nitrogens with one attached hydrogen (secondary N) is 1. The molecule has 4 nitrogen and oxygen atoms in total. The van der Waals surface area contributed by atoms with Gasteiger partial charge in [0.25, 0.3) is 0 Å².